The molecule has 0 aliphatic carbocycles. The average molecular weight is 291 g/mol. The molecule has 1 aliphatic rings. The quantitative estimate of drug-likeness (QED) is 0.646. The first kappa shape index (κ1) is 15.3. The van der Waals surface area contributed by atoms with E-state index >= 15 is 0 Å². The van der Waals surface area contributed by atoms with E-state index in [1.807, 2.05) is 0 Å². The van der Waals surface area contributed by atoms with Crippen molar-refractivity contribution in [3.8, 4) is 0 Å². The van der Waals surface area contributed by atoms with Crippen LogP contribution in [0.4, 0.5) is 11.4 Å². The van der Waals surface area contributed by atoms with Crippen LogP contribution in [0.5, 0.6) is 0 Å². The van der Waals surface area contributed by atoms with Gasteiger partial charge in [-0.25, -0.2) is 0 Å². The molecule has 1 heterocycles. The minimum Gasteiger partial charge on any atom is -0.388 e. The highest BCUT2D eigenvalue weighted by Crippen LogP contribution is 2.28. The molecule has 0 aromatic heterocycles. The summed E-state index contributed by atoms with van der Waals surface area (Å²) in [4.78, 5) is 24.3. The molecule has 1 fully saturated rings. The maximum absolute atomic E-state index is 12.1. The van der Waals surface area contributed by atoms with E-state index in [4.69, 9.17) is 0 Å². The largest absolute Gasteiger partial charge is 0.388 e. The van der Waals surface area contributed by atoms with E-state index in [0.717, 1.165) is 30.6 Å². The van der Waals surface area contributed by atoms with Crippen LogP contribution in [-0.4, -0.2) is 29.3 Å². The second-order valence-electron chi connectivity index (χ2n) is 5.48. The number of carbonyl (C=O) groups excluding carboxylic acids is 1. The van der Waals surface area contributed by atoms with E-state index in [9.17, 15) is 14.9 Å². The highest BCUT2D eigenvalue weighted by Gasteiger charge is 2.29. The van der Waals surface area contributed by atoms with Gasteiger partial charge in [0.2, 0.25) is 5.91 Å². The van der Waals surface area contributed by atoms with E-state index in [1.165, 1.54) is 6.07 Å². The van der Waals surface area contributed by atoms with Gasteiger partial charge in [0.05, 0.1) is 4.92 Å². The maximum Gasteiger partial charge on any atom is 0.269 e. The Morgan fingerprint density at radius 3 is 2.86 bits per heavy atom. The number of likely N-dealkylation sites (tertiary alicyclic amines) is 1. The minimum absolute atomic E-state index is 0.0563. The van der Waals surface area contributed by atoms with Crippen LogP contribution in [0, 0.1) is 16.0 Å². The number of amides is 1. The van der Waals surface area contributed by atoms with Crippen LogP contribution in [0.3, 0.4) is 0 Å². The number of carbonyl (C=O) groups is 1. The van der Waals surface area contributed by atoms with Crippen molar-refractivity contribution in [1.29, 1.82) is 0 Å². The van der Waals surface area contributed by atoms with Gasteiger partial charge in [0, 0.05) is 49.9 Å². The number of nitro benzene ring substituents is 1. The van der Waals surface area contributed by atoms with Gasteiger partial charge in [0.15, 0.2) is 0 Å². The molecule has 0 radical (unpaired) electrons. The van der Waals surface area contributed by atoms with Gasteiger partial charge in [0.1, 0.15) is 0 Å². The van der Waals surface area contributed by atoms with Crippen molar-refractivity contribution in [2.45, 2.75) is 32.7 Å². The van der Waals surface area contributed by atoms with E-state index in [1.54, 1.807) is 24.1 Å². The summed E-state index contributed by atoms with van der Waals surface area (Å²) in [6.45, 7) is 3.29. The van der Waals surface area contributed by atoms with Crippen LogP contribution < -0.4 is 5.32 Å². The number of rotatable bonds is 6. The number of non-ortho nitro benzene ring substituents is 1. The van der Waals surface area contributed by atoms with Gasteiger partial charge in [-0.3, -0.25) is 14.9 Å². The number of hydrogen-bond donors (Lipinski definition) is 1. The van der Waals surface area contributed by atoms with Gasteiger partial charge in [-0.15, -0.1) is 0 Å². The van der Waals surface area contributed by atoms with Crippen LogP contribution in [0.15, 0.2) is 18.2 Å². The molecule has 0 spiro atoms. The van der Waals surface area contributed by atoms with E-state index in [-0.39, 0.29) is 11.6 Å². The molecule has 1 aromatic carbocycles. The third kappa shape index (κ3) is 3.51. The smallest absolute Gasteiger partial charge is 0.269 e. The second kappa shape index (κ2) is 6.56. The fourth-order valence-electron chi connectivity index (χ4n) is 2.88. The Hall–Kier alpha value is -2.11. The summed E-state index contributed by atoms with van der Waals surface area (Å²) in [6.07, 6.45) is 2.72. The monoisotopic (exact) mass is 291 g/mol. The molecule has 21 heavy (non-hydrogen) atoms. The zero-order valence-electron chi connectivity index (χ0n) is 12.5. The van der Waals surface area contributed by atoms with Gasteiger partial charge >= 0.3 is 0 Å². The molecular weight excluding hydrogens is 270 g/mol. The highest BCUT2D eigenvalue weighted by molar-refractivity contribution is 5.79. The van der Waals surface area contributed by atoms with E-state index < -0.39 is 4.92 Å². The fourth-order valence-corrected chi connectivity index (χ4v) is 2.88. The average Bonchev–Trinajstić information content (AvgIpc) is 2.79. The SMILES string of the molecule is CCCC1CC(=O)N(Cc2cc([N+](=O)[O-])ccc2NC)C1. The summed E-state index contributed by atoms with van der Waals surface area (Å²) in [5, 5.41) is 13.9. The van der Waals surface area contributed by atoms with Crippen LogP contribution >= 0.6 is 0 Å². The Labute approximate surface area is 124 Å². The summed E-state index contributed by atoms with van der Waals surface area (Å²) in [6, 6.07) is 4.71. The number of hydrogen-bond acceptors (Lipinski definition) is 4. The molecule has 1 saturated heterocycles. The summed E-state index contributed by atoms with van der Waals surface area (Å²) in [5.41, 5.74) is 1.67. The van der Waals surface area contributed by atoms with Crippen molar-refractivity contribution in [2.24, 2.45) is 5.92 Å². The Morgan fingerprint density at radius 2 is 2.24 bits per heavy atom. The summed E-state index contributed by atoms with van der Waals surface area (Å²) < 4.78 is 0. The van der Waals surface area contributed by atoms with Gasteiger partial charge in [-0.05, 0) is 18.4 Å². The molecule has 6 heteroatoms. The molecule has 1 atom stereocenters. The Morgan fingerprint density at radius 1 is 1.48 bits per heavy atom. The summed E-state index contributed by atoms with van der Waals surface area (Å²) in [5.74, 6) is 0.557. The predicted octanol–water partition coefficient (Wildman–Crippen LogP) is 2.79. The minimum atomic E-state index is -0.408. The fraction of sp³-hybridized carbons (Fsp3) is 0.533. The zero-order chi connectivity index (χ0) is 15.4. The van der Waals surface area contributed by atoms with Gasteiger partial charge < -0.3 is 10.2 Å². The van der Waals surface area contributed by atoms with Gasteiger partial charge in [-0.2, -0.15) is 0 Å². The Bertz CT molecular complexity index is 545. The lowest BCUT2D eigenvalue weighted by molar-refractivity contribution is -0.384. The topological polar surface area (TPSA) is 75.5 Å². The molecule has 6 nitrogen and oxygen atoms in total. The van der Waals surface area contributed by atoms with Crippen molar-refractivity contribution >= 4 is 17.3 Å². The lowest BCUT2D eigenvalue weighted by Crippen LogP contribution is -2.25. The standard InChI is InChI=1S/C15H21N3O3/c1-3-4-11-7-15(19)17(9-11)10-12-8-13(18(20)21)5-6-14(12)16-2/h5-6,8,11,16H,3-4,7,9-10H2,1-2H3. The highest BCUT2D eigenvalue weighted by atomic mass is 16.6. The van der Waals surface area contributed by atoms with E-state index in [0.29, 0.717) is 18.9 Å². The van der Waals surface area contributed by atoms with Crippen molar-refractivity contribution < 1.29 is 9.72 Å². The maximum atomic E-state index is 12.1. The molecule has 0 saturated carbocycles. The summed E-state index contributed by atoms with van der Waals surface area (Å²) >= 11 is 0. The molecule has 1 aliphatic heterocycles. The lowest BCUT2D eigenvalue weighted by Gasteiger charge is -2.18. The number of nitro groups is 1. The number of nitrogens with one attached hydrogen (secondary N) is 1. The first-order valence-corrected chi connectivity index (χ1v) is 7.28. The van der Waals surface area contributed by atoms with E-state index in [2.05, 4.69) is 12.2 Å². The molecule has 1 unspecified atom stereocenters. The van der Waals surface area contributed by atoms with Crippen molar-refractivity contribution in [1.82, 2.24) is 4.90 Å². The van der Waals surface area contributed by atoms with Crippen LogP contribution in [0.25, 0.3) is 0 Å². The number of anilines is 1. The van der Waals surface area contributed by atoms with Crippen LogP contribution in [0.2, 0.25) is 0 Å². The summed E-state index contributed by atoms with van der Waals surface area (Å²) in [7, 11) is 1.77. The van der Waals surface area contributed by atoms with Crippen molar-refractivity contribution in [3.63, 3.8) is 0 Å². The van der Waals surface area contributed by atoms with Crippen molar-refractivity contribution in [3.05, 3.63) is 33.9 Å². The Balaban J connectivity index is 2.16. The lowest BCUT2D eigenvalue weighted by atomic mass is 10.0. The van der Waals surface area contributed by atoms with Crippen LogP contribution in [-0.2, 0) is 11.3 Å². The first-order chi connectivity index (χ1) is 10.0. The van der Waals surface area contributed by atoms with Crippen molar-refractivity contribution in [2.75, 3.05) is 18.9 Å². The molecule has 2 rings (SSSR count). The molecule has 114 valence electrons. The van der Waals surface area contributed by atoms with Crippen LogP contribution in [0.1, 0.15) is 31.7 Å². The molecule has 0 bridgehead atoms. The number of benzene rings is 1. The molecule has 1 aromatic rings. The second-order valence-corrected chi connectivity index (χ2v) is 5.48. The molecule has 1 amide bonds. The first-order valence-electron chi connectivity index (χ1n) is 7.28. The van der Waals surface area contributed by atoms with Gasteiger partial charge in [0.25, 0.3) is 5.69 Å². The van der Waals surface area contributed by atoms with Gasteiger partial charge in [-0.1, -0.05) is 13.3 Å². The normalized spacial score (nSPS) is 18.1. The predicted molar refractivity (Wildman–Crippen MR) is 81.1 cm³/mol. The third-order valence-electron chi connectivity index (χ3n) is 3.92. The molecular formula is C15H21N3O3. The third-order valence-corrected chi connectivity index (χ3v) is 3.92. The Kier molecular flexibility index (Phi) is 4.77. The molecule has 1 N–H and O–H groups in total. The zero-order valence-corrected chi connectivity index (χ0v) is 12.5. The number of nitrogens with zero attached hydrogens (tertiary/aromatic N) is 2.